The van der Waals surface area contributed by atoms with Gasteiger partial charge in [0.15, 0.2) is 0 Å². The second kappa shape index (κ2) is 7.69. The third-order valence-corrected chi connectivity index (χ3v) is 5.33. The maximum absolute atomic E-state index is 10.2. The van der Waals surface area contributed by atoms with Gasteiger partial charge in [0.05, 0.1) is 6.61 Å². The fourth-order valence-electron chi connectivity index (χ4n) is 2.83. The molecule has 0 spiro atoms. The monoisotopic (exact) mass is 365 g/mol. The van der Waals surface area contributed by atoms with Crippen LogP contribution in [0, 0.1) is 0 Å². The van der Waals surface area contributed by atoms with Gasteiger partial charge < -0.3 is 30.4 Å². The van der Waals surface area contributed by atoms with E-state index in [1.807, 2.05) is 36.4 Å². The first kappa shape index (κ1) is 18.1. The fourth-order valence-corrected chi connectivity index (χ4v) is 3.90. The van der Waals surface area contributed by atoms with E-state index in [0.717, 1.165) is 22.5 Å². The molecule has 1 aliphatic heterocycles. The number of oxime groups is 1. The Labute approximate surface area is 148 Å². The van der Waals surface area contributed by atoms with Crippen LogP contribution in [0.1, 0.15) is 5.56 Å². The summed E-state index contributed by atoms with van der Waals surface area (Å²) in [4.78, 5) is 0. The molecule has 2 aromatic rings. The molecule has 1 aliphatic rings. The predicted octanol–water partition coefficient (Wildman–Crippen LogP) is 0.509. The lowest BCUT2D eigenvalue weighted by Gasteiger charge is -2.39. The maximum Gasteiger partial charge on any atom is 0.146 e. The van der Waals surface area contributed by atoms with Gasteiger partial charge in [-0.15, -0.1) is 0 Å². The molecule has 0 aromatic heterocycles. The summed E-state index contributed by atoms with van der Waals surface area (Å²) in [6.07, 6.45) is -5.32. The molecule has 0 unspecified atom stereocenters. The Morgan fingerprint density at radius 3 is 2.44 bits per heavy atom. The molecule has 0 aliphatic carbocycles. The van der Waals surface area contributed by atoms with Crippen LogP contribution in [-0.4, -0.2) is 67.1 Å². The van der Waals surface area contributed by atoms with Gasteiger partial charge >= 0.3 is 0 Å². The summed E-state index contributed by atoms with van der Waals surface area (Å²) in [5.74, 6) is 0. The molecule has 5 N–H and O–H groups in total. The molecule has 8 heteroatoms. The number of aliphatic hydroxyl groups is 4. The second-order valence-electron chi connectivity index (χ2n) is 5.75. The highest BCUT2D eigenvalue weighted by Crippen LogP contribution is 2.32. The Kier molecular flexibility index (Phi) is 5.57. The zero-order valence-corrected chi connectivity index (χ0v) is 14.0. The van der Waals surface area contributed by atoms with E-state index in [-0.39, 0.29) is 5.04 Å². The van der Waals surface area contributed by atoms with Gasteiger partial charge in [0.25, 0.3) is 0 Å². The Bertz CT molecular complexity index is 762. The molecule has 0 radical (unpaired) electrons. The number of ether oxygens (including phenoxy) is 1. The molecule has 134 valence electrons. The van der Waals surface area contributed by atoms with Gasteiger partial charge in [-0.05, 0) is 10.8 Å². The molecule has 7 nitrogen and oxygen atoms in total. The van der Waals surface area contributed by atoms with Crippen LogP contribution in [0.5, 0.6) is 0 Å². The molecule has 0 saturated carbocycles. The van der Waals surface area contributed by atoms with Crippen LogP contribution >= 0.6 is 11.8 Å². The van der Waals surface area contributed by atoms with Crippen molar-refractivity contribution in [1.29, 1.82) is 0 Å². The molecule has 25 heavy (non-hydrogen) atoms. The van der Waals surface area contributed by atoms with Gasteiger partial charge in [-0.3, -0.25) is 0 Å². The van der Waals surface area contributed by atoms with Crippen LogP contribution in [0.25, 0.3) is 10.8 Å². The summed E-state index contributed by atoms with van der Waals surface area (Å²) in [6, 6.07) is 13.1. The lowest BCUT2D eigenvalue weighted by atomic mass is 10.0. The third kappa shape index (κ3) is 3.50. The number of aliphatic hydroxyl groups excluding tert-OH is 4. The molecule has 3 rings (SSSR count). The average Bonchev–Trinajstić information content (AvgIpc) is 2.65. The van der Waals surface area contributed by atoms with E-state index in [4.69, 9.17) is 4.74 Å². The van der Waals surface area contributed by atoms with E-state index in [9.17, 15) is 25.6 Å². The molecule has 0 bridgehead atoms. The molecular formula is C17H19NO6S. The zero-order chi connectivity index (χ0) is 18.0. The molecule has 1 saturated heterocycles. The first-order valence-corrected chi connectivity index (χ1v) is 8.62. The highest BCUT2D eigenvalue weighted by molar-refractivity contribution is 8.14. The van der Waals surface area contributed by atoms with Gasteiger partial charge in [-0.2, -0.15) is 0 Å². The predicted molar refractivity (Wildman–Crippen MR) is 93.6 cm³/mol. The van der Waals surface area contributed by atoms with Crippen LogP contribution in [0.3, 0.4) is 0 Å². The van der Waals surface area contributed by atoms with Crippen LogP contribution < -0.4 is 0 Å². The molecule has 1 fully saturated rings. The van der Waals surface area contributed by atoms with E-state index >= 15 is 0 Å². The largest absolute Gasteiger partial charge is 0.410 e. The quantitative estimate of drug-likeness (QED) is 0.232. The zero-order valence-electron chi connectivity index (χ0n) is 13.1. The van der Waals surface area contributed by atoms with Crippen molar-refractivity contribution in [3.05, 3.63) is 48.0 Å². The van der Waals surface area contributed by atoms with Crippen molar-refractivity contribution in [1.82, 2.24) is 0 Å². The molecule has 1 heterocycles. The van der Waals surface area contributed by atoms with Crippen LogP contribution in [-0.2, 0) is 4.74 Å². The van der Waals surface area contributed by atoms with Crippen LogP contribution in [0.2, 0.25) is 0 Å². The van der Waals surface area contributed by atoms with Crippen molar-refractivity contribution in [2.24, 2.45) is 5.16 Å². The Balaban J connectivity index is 1.89. The van der Waals surface area contributed by atoms with Crippen molar-refractivity contribution >= 4 is 27.6 Å². The van der Waals surface area contributed by atoms with Crippen LogP contribution in [0.4, 0.5) is 0 Å². The third-order valence-electron chi connectivity index (χ3n) is 4.19. The van der Waals surface area contributed by atoms with Crippen molar-refractivity contribution in [2.45, 2.75) is 29.9 Å². The second-order valence-corrected chi connectivity index (χ2v) is 6.83. The maximum atomic E-state index is 10.2. The lowest BCUT2D eigenvalue weighted by Crippen LogP contribution is -2.57. The number of nitrogens with zero attached hydrogens (tertiary/aromatic N) is 1. The Morgan fingerprint density at radius 2 is 1.72 bits per heavy atom. The van der Waals surface area contributed by atoms with Crippen molar-refractivity contribution in [3.63, 3.8) is 0 Å². The van der Waals surface area contributed by atoms with Crippen molar-refractivity contribution < 1.29 is 30.4 Å². The minimum Gasteiger partial charge on any atom is -0.410 e. The number of hydrogen-bond donors (Lipinski definition) is 5. The van der Waals surface area contributed by atoms with E-state index in [1.165, 1.54) is 0 Å². The highest BCUT2D eigenvalue weighted by Gasteiger charge is 2.44. The van der Waals surface area contributed by atoms with Gasteiger partial charge in [-0.1, -0.05) is 59.4 Å². The summed E-state index contributed by atoms with van der Waals surface area (Å²) in [5, 5.41) is 53.9. The first-order chi connectivity index (χ1) is 12.1. The number of benzene rings is 2. The highest BCUT2D eigenvalue weighted by atomic mass is 32.2. The van der Waals surface area contributed by atoms with E-state index < -0.39 is 36.5 Å². The SMILES string of the molecule is OC[C@H]1O[C@@H](S/C(=N\O)c2cccc3ccccc23)[C@H](O)[C@@H](O)[C@@H]1O. The first-order valence-electron chi connectivity index (χ1n) is 7.74. The summed E-state index contributed by atoms with van der Waals surface area (Å²) >= 11 is 0.912. The Morgan fingerprint density at radius 1 is 1.00 bits per heavy atom. The lowest BCUT2D eigenvalue weighted by molar-refractivity contribution is -0.205. The standard InChI is InChI=1S/C17H19NO6S/c19-8-12-13(20)14(21)15(22)17(24-12)25-16(18-23)11-7-3-5-9-4-1-2-6-10(9)11/h1-7,12-15,17,19-23H,8H2/b18-16-/t12-,13-,14+,15-,17+/m1/s1. The minimum atomic E-state index is -1.48. The van der Waals surface area contributed by atoms with E-state index in [0.29, 0.717) is 5.56 Å². The minimum absolute atomic E-state index is 0.195. The number of hydrogen-bond acceptors (Lipinski definition) is 8. The van der Waals surface area contributed by atoms with Crippen molar-refractivity contribution in [3.8, 4) is 0 Å². The normalized spacial score (nSPS) is 30.6. The van der Waals surface area contributed by atoms with E-state index in [1.54, 1.807) is 6.07 Å². The summed E-state index contributed by atoms with van der Waals surface area (Å²) in [5.41, 5.74) is -0.372. The van der Waals surface area contributed by atoms with E-state index in [2.05, 4.69) is 5.16 Å². The summed E-state index contributed by atoms with van der Waals surface area (Å²) in [6.45, 7) is -0.512. The van der Waals surface area contributed by atoms with Gasteiger partial charge in [0.2, 0.25) is 0 Å². The number of rotatable bonds is 3. The average molecular weight is 365 g/mol. The molecule has 0 amide bonds. The van der Waals surface area contributed by atoms with Crippen molar-refractivity contribution in [2.75, 3.05) is 6.61 Å². The van der Waals surface area contributed by atoms with Crippen LogP contribution in [0.15, 0.2) is 47.6 Å². The molecular weight excluding hydrogens is 346 g/mol. The molecule has 2 aromatic carbocycles. The fraction of sp³-hybridized carbons (Fsp3) is 0.353. The topological polar surface area (TPSA) is 123 Å². The number of fused-ring (bicyclic) bond motifs is 1. The number of thioether (sulfide) groups is 1. The van der Waals surface area contributed by atoms with Gasteiger partial charge in [0.1, 0.15) is 34.9 Å². The smallest absolute Gasteiger partial charge is 0.146 e. The summed E-state index contributed by atoms with van der Waals surface area (Å²) in [7, 11) is 0. The summed E-state index contributed by atoms with van der Waals surface area (Å²) < 4.78 is 5.46. The van der Waals surface area contributed by atoms with Gasteiger partial charge in [0, 0.05) is 5.56 Å². The Hall–Kier alpha value is -1.68. The molecule has 5 atom stereocenters. The van der Waals surface area contributed by atoms with Gasteiger partial charge in [-0.25, -0.2) is 0 Å².